The fraction of sp³-hybridized carbons (Fsp3) is 0.643. The van der Waals surface area contributed by atoms with E-state index in [1.807, 2.05) is 0 Å². The van der Waals surface area contributed by atoms with Gasteiger partial charge >= 0.3 is 0 Å². The van der Waals surface area contributed by atoms with Crippen LogP contribution in [0.1, 0.15) is 25.7 Å². The van der Waals surface area contributed by atoms with Gasteiger partial charge in [-0.1, -0.05) is 0 Å². The van der Waals surface area contributed by atoms with Crippen molar-refractivity contribution in [3.8, 4) is 0 Å². The summed E-state index contributed by atoms with van der Waals surface area (Å²) in [6.45, 7) is 4.32. The summed E-state index contributed by atoms with van der Waals surface area (Å²) >= 11 is 0. The Morgan fingerprint density at radius 3 is 2.90 bits per heavy atom. The lowest BCUT2D eigenvalue weighted by Crippen LogP contribution is -2.47. The number of likely N-dealkylation sites (tertiary alicyclic amines) is 1. The van der Waals surface area contributed by atoms with Gasteiger partial charge in [0.15, 0.2) is 5.65 Å². The second kappa shape index (κ2) is 5.14. The van der Waals surface area contributed by atoms with E-state index in [4.69, 9.17) is 0 Å². The first kappa shape index (κ1) is 12.8. The smallest absolute Gasteiger partial charge is 0.263 e. The minimum atomic E-state index is -0.118. The number of anilines is 1. The van der Waals surface area contributed by atoms with Gasteiger partial charge < -0.3 is 4.90 Å². The number of nitrogens with zero attached hydrogens (tertiary/aromatic N) is 4. The molecule has 21 heavy (non-hydrogen) atoms. The highest BCUT2D eigenvalue weighted by Gasteiger charge is 2.28. The largest absolute Gasteiger partial charge is 0.341 e. The molecule has 2 fully saturated rings. The van der Waals surface area contributed by atoms with Crippen LogP contribution in [0.2, 0.25) is 0 Å². The van der Waals surface area contributed by atoms with Crippen molar-refractivity contribution in [2.75, 3.05) is 31.1 Å². The molecule has 0 aliphatic carbocycles. The number of nitrogens with one attached hydrogen (secondary N) is 2. The second-order valence-corrected chi connectivity index (χ2v) is 6.01. The van der Waals surface area contributed by atoms with E-state index in [1.54, 1.807) is 0 Å². The van der Waals surface area contributed by atoms with Crippen LogP contribution in [0.4, 0.5) is 5.95 Å². The van der Waals surface area contributed by atoms with Crippen molar-refractivity contribution >= 4 is 17.0 Å². The molecule has 4 heterocycles. The molecule has 112 valence electrons. The maximum absolute atomic E-state index is 12.0. The van der Waals surface area contributed by atoms with Crippen LogP contribution < -0.4 is 10.5 Å². The van der Waals surface area contributed by atoms with Crippen LogP contribution in [0, 0.1) is 0 Å². The molecule has 2 saturated heterocycles. The van der Waals surface area contributed by atoms with Crippen LogP contribution >= 0.6 is 0 Å². The van der Waals surface area contributed by atoms with Gasteiger partial charge in [0, 0.05) is 19.1 Å². The Balaban J connectivity index is 1.60. The Bertz CT molecular complexity index is 686. The van der Waals surface area contributed by atoms with Gasteiger partial charge in [0.25, 0.3) is 5.56 Å². The van der Waals surface area contributed by atoms with E-state index in [2.05, 4.69) is 30.0 Å². The summed E-state index contributed by atoms with van der Waals surface area (Å²) in [5, 5.41) is 7.20. The average Bonchev–Trinajstić information content (AvgIpc) is 3.19. The summed E-state index contributed by atoms with van der Waals surface area (Å²) in [7, 11) is 0. The molecule has 1 atom stereocenters. The number of hydrogen-bond acceptors (Lipinski definition) is 5. The maximum Gasteiger partial charge on any atom is 0.263 e. The number of H-pyrrole nitrogens is 2. The number of hydrogen-bond donors (Lipinski definition) is 2. The van der Waals surface area contributed by atoms with Crippen molar-refractivity contribution in [3.63, 3.8) is 0 Å². The van der Waals surface area contributed by atoms with E-state index in [1.165, 1.54) is 38.5 Å². The van der Waals surface area contributed by atoms with Crippen molar-refractivity contribution in [2.45, 2.75) is 31.7 Å². The van der Waals surface area contributed by atoms with Gasteiger partial charge in [-0.25, -0.2) is 0 Å². The minimum absolute atomic E-state index is 0.118. The molecule has 2 aromatic heterocycles. The standard InChI is InChI=1S/C14H20N6O/c21-13-11-8-15-18-12(11)16-14(17-13)20-7-3-4-10(9-20)19-5-1-2-6-19/h8,10H,1-7,9H2,(H2,15,16,17,18,21). The molecule has 0 bridgehead atoms. The topological polar surface area (TPSA) is 80.9 Å². The molecule has 0 amide bonds. The Kier molecular flexibility index (Phi) is 3.14. The average molecular weight is 288 g/mol. The number of aromatic nitrogens is 4. The first-order valence-electron chi connectivity index (χ1n) is 7.74. The zero-order chi connectivity index (χ0) is 14.2. The van der Waals surface area contributed by atoms with Gasteiger partial charge in [-0.15, -0.1) is 0 Å². The van der Waals surface area contributed by atoms with Crippen molar-refractivity contribution in [3.05, 3.63) is 16.6 Å². The van der Waals surface area contributed by atoms with Crippen molar-refractivity contribution in [2.24, 2.45) is 0 Å². The number of piperidine rings is 1. The molecule has 2 aliphatic rings. The van der Waals surface area contributed by atoms with Crippen LogP contribution in [0.25, 0.3) is 11.0 Å². The van der Waals surface area contributed by atoms with Crippen LogP contribution in [-0.2, 0) is 0 Å². The molecule has 7 heteroatoms. The predicted octanol–water partition coefficient (Wildman–Crippen LogP) is 0.711. The zero-order valence-electron chi connectivity index (χ0n) is 12.0. The van der Waals surface area contributed by atoms with Crippen molar-refractivity contribution < 1.29 is 0 Å². The second-order valence-electron chi connectivity index (χ2n) is 6.01. The van der Waals surface area contributed by atoms with Gasteiger partial charge in [0.05, 0.1) is 6.20 Å². The van der Waals surface area contributed by atoms with Gasteiger partial charge in [0.2, 0.25) is 5.95 Å². The first-order chi connectivity index (χ1) is 10.3. The number of rotatable bonds is 2. The Morgan fingerprint density at radius 1 is 1.19 bits per heavy atom. The fourth-order valence-corrected chi connectivity index (χ4v) is 3.54. The minimum Gasteiger partial charge on any atom is -0.341 e. The maximum atomic E-state index is 12.0. The highest BCUT2D eigenvalue weighted by atomic mass is 16.1. The molecule has 2 aromatic rings. The molecule has 7 nitrogen and oxygen atoms in total. The SMILES string of the molecule is O=c1[nH]c(N2CCCC(N3CCCC3)C2)nc2[nH]ncc12. The Hall–Kier alpha value is -1.89. The highest BCUT2D eigenvalue weighted by Crippen LogP contribution is 2.22. The van der Waals surface area contributed by atoms with Crippen LogP contribution in [0.5, 0.6) is 0 Å². The monoisotopic (exact) mass is 288 g/mol. The van der Waals surface area contributed by atoms with E-state index in [0.717, 1.165) is 19.5 Å². The fourth-order valence-electron chi connectivity index (χ4n) is 3.54. The van der Waals surface area contributed by atoms with E-state index < -0.39 is 0 Å². The first-order valence-corrected chi connectivity index (χ1v) is 7.74. The van der Waals surface area contributed by atoms with Crippen LogP contribution in [-0.4, -0.2) is 57.3 Å². The van der Waals surface area contributed by atoms with Crippen molar-refractivity contribution in [1.29, 1.82) is 0 Å². The molecular formula is C14H20N6O. The van der Waals surface area contributed by atoms with E-state index >= 15 is 0 Å². The number of aromatic amines is 2. The quantitative estimate of drug-likeness (QED) is 0.850. The third-order valence-electron chi connectivity index (χ3n) is 4.66. The molecule has 2 aliphatic heterocycles. The normalized spacial score (nSPS) is 24.0. The third kappa shape index (κ3) is 2.31. The Morgan fingerprint density at radius 2 is 2.05 bits per heavy atom. The van der Waals surface area contributed by atoms with Gasteiger partial charge in [-0.2, -0.15) is 10.1 Å². The third-order valence-corrected chi connectivity index (χ3v) is 4.66. The highest BCUT2D eigenvalue weighted by molar-refractivity contribution is 5.73. The molecule has 1 unspecified atom stereocenters. The lowest BCUT2D eigenvalue weighted by atomic mass is 10.0. The molecule has 2 N–H and O–H groups in total. The Labute approximate surface area is 122 Å². The molecular weight excluding hydrogens is 268 g/mol. The summed E-state index contributed by atoms with van der Waals surface area (Å²) in [6, 6.07) is 0.587. The molecule has 0 aromatic carbocycles. The predicted molar refractivity (Wildman–Crippen MR) is 80.6 cm³/mol. The van der Waals surface area contributed by atoms with Crippen molar-refractivity contribution in [1.82, 2.24) is 25.1 Å². The summed E-state index contributed by atoms with van der Waals surface area (Å²) < 4.78 is 0. The molecule has 4 rings (SSSR count). The van der Waals surface area contributed by atoms with E-state index in [0.29, 0.717) is 23.0 Å². The molecule has 0 saturated carbocycles. The van der Waals surface area contributed by atoms with E-state index in [9.17, 15) is 4.79 Å². The van der Waals surface area contributed by atoms with Gasteiger partial charge in [0.1, 0.15) is 5.39 Å². The zero-order valence-corrected chi connectivity index (χ0v) is 12.0. The van der Waals surface area contributed by atoms with Gasteiger partial charge in [-0.3, -0.25) is 19.8 Å². The van der Waals surface area contributed by atoms with Crippen LogP contribution in [0.3, 0.4) is 0 Å². The molecule has 0 spiro atoms. The summed E-state index contributed by atoms with van der Waals surface area (Å²) in [6.07, 6.45) is 6.53. The summed E-state index contributed by atoms with van der Waals surface area (Å²) in [5.41, 5.74) is 0.448. The lowest BCUT2D eigenvalue weighted by Gasteiger charge is -2.37. The number of fused-ring (bicyclic) bond motifs is 1. The van der Waals surface area contributed by atoms with E-state index in [-0.39, 0.29) is 5.56 Å². The van der Waals surface area contributed by atoms with Crippen LogP contribution in [0.15, 0.2) is 11.0 Å². The van der Waals surface area contributed by atoms with Gasteiger partial charge in [-0.05, 0) is 38.8 Å². The molecule has 0 radical (unpaired) electrons. The summed E-state index contributed by atoms with van der Waals surface area (Å²) in [4.78, 5) is 24.2. The summed E-state index contributed by atoms with van der Waals surface area (Å²) in [5.74, 6) is 0.667. The lowest BCUT2D eigenvalue weighted by molar-refractivity contribution is 0.215.